The summed E-state index contributed by atoms with van der Waals surface area (Å²) in [4.78, 5) is 11.8. The second-order valence-electron chi connectivity index (χ2n) is 4.32. The fourth-order valence-electron chi connectivity index (χ4n) is 1.69. The average Bonchev–Trinajstić information content (AvgIpc) is 2.50. The Labute approximate surface area is 132 Å². The molecule has 2 rings (SSSR count). The lowest BCUT2D eigenvalue weighted by atomic mass is 10.2. The highest BCUT2D eigenvalue weighted by Crippen LogP contribution is 2.20. The van der Waals surface area contributed by atoms with Crippen LogP contribution in [0.15, 0.2) is 48.5 Å². The summed E-state index contributed by atoms with van der Waals surface area (Å²) in [6.45, 7) is 0. The van der Waals surface area contributed by atoms with Gasteiger partial charge in [-0.2, -0.15) is 5.26 Å². The van der Waals surface area contributed by atoms with E-state index in [-0.39, 0.29) is 5.91 Å². The molecule has 0 aliphatic carbocycles. The molecule has 0 bridgehead atoms. The van der Waals surface area contributed by atoms with Gasteiger partial charge in [-0.1, -0.05) is 29.8 Å². The molecule has 2 aromatic rings. The minimum atomic E-state index is -0.0724. The number of amides is 1. The van der Waals surface area contributed by atoms with Crippen molar-refractivity contribution in [1.82, 2.24) is 0 Å². The molecule has 2 aromatic carbocycles. The molecule has 0 unspecified atom stereocenters. The van der Waals surface area contributed by atoms with Gasteiger partial charge < -0.3 is 5.32 Å². The summed E-state index contributed by atoms with van der Waals surface area (Å²) in [5, 5.41) is 12.2. The van der Waals surface area contributed by atoms with Crippen LogP contribution in [-0.4, -0.2) is 11.7 Å². The van der Waals surface area contributed by atoms with E-state index < -0.39 is 0 Å². The number of anilines is 1. The first-order chi connectivity index (χ1) is 10.2. The summed E-state index contributed by atoms with van der Waals surface area (Å²) in [7, 11) is 0. The lowest BCUT2D eigenvalue weighted by Gasteiger charge is -2.06. The molecule has 0 aliphatic rings. The van der Waals surface area contributed by atoms with Crippen molar-refractivity contribution in [3.8, 4) is 6.07 Å². The summed E-state index contributed by atoms with van der Waals surface area (Å²) >= 11 is 7.56. The van der Waals surface area contributed by atoms with Gasteiger partial charge in [-0.15, -0.1) is 11.8 Å². The number of thioether (sulfide) groups is 1. The molecule has 0 saturated carbocycles. The maximum atomic E-state index is 11.8. The first-order valence-corrected chi connectivity index (χ1v) is 7.83. The predicted octanol–water partition coefficient (Wildman–Crippen LogP) is 4.08. The van der Waals surface area contributed by atoms with Gasteiger partial charge in [0, 0.05) is 16.5 Å². The van der Waals surface area contributed by atoms with Crippen LogP contribution in [0.3, 0.4) is 0 Å². The number of halogens is 1. The SMILES string of the molecule is N#Cc1ccc(NC(=O)CSCc2ccccc2Cl)cc1. The van der Waals surface area contributed by atoms with Gasteiger partial charge in [-0.05, 0) is 35.9 Å². The van der Waals surface area contributed by atoms with Crippen LogP contribution in [-0.2, 0) is 10.5 Å². The molecule has 0 aliphatic heterocycles. The molecule has 0 atom stereocenters. The number of carbonyl (C=O) groups is 1. The van der Waals surface area contributed by atoms with Crippen molar-refractivity contribution in [2.24, 2.45) is 0 Å². The summed E-state index contributed by atoms with van der Waals surface area (Å²) in [6, 6.07) is 16.4. The molecule has 106 valence electrons. The number of hydrogen-bond acceptors (Lipinski definition) is 3. The van der Waals surface area contributed by atoms with Crippen molar-refractivity contribution in [2.75, 3.05) is 11.1 Å². The van der Waals surface area contributed by atoms with Crippen LogP contribution in [0.2, 0.25) is 5.02 Å². The lowest BCUT2D eigenvalue weighted by molar-refractivity contribution is -0.113. The van der Waals surface area contributed by atoms with Gasteiger partial charge in [0.1, 0.15) is 0 Å². The van der Waals surface area contributed by atoms with Crippen LogP contribution in [0, 0.1) is 11.3 Å². The van der Waals surface area contributed by atoms with Crippen LogP contribution < -0.4 is 5.32 Å². The van der Waals surface area contributed by atoms with E-state index in [4.69, 9.17) is 16.9 Å². The van der Waals surface area contributed by atoms with Crippen molar-refractivity contribution in [3.63, 3.8) is 0 Å². The summed E-state index contributed by atoms with van der Waals surface area (Å²) in [5.74, 6) is 0.975. The highest BCUT2D eigenvalue weighted by Gasteiger charge is 2.04. The summed E-state index contributed by atoms with van der Waals surface area (Å²) in [5.41, 5.74) is 2.29. The molecule has 3 nitrogen and oxygen atoms in total. The standard InChI is InChI=1S/C16H13ClN2OS/c17-15-4-2-1-3-13(15)10-21-11-16(20)19-14-7-5-12(9-18)6-8-14/h1-8H,10-11H2,(H,19,20). The highest BCUT2D eigenvalue weighted by atomic mass is 35.5. The Bertz CT molecular complexity index is 665. The minimum absolute atomic E-state index is 0.0724. The Hall–Kier alpha value is -1.96. The number of rotatable bonds is 5. The van der Waals surface area contributed by atoms with Gasteiger partial charge in [0.25, 0.3) is 0 Å². The number of hydrogen-bond donors (Lipinski definition) is 1. The Morgan fingerprint density at radius 1 is 1.19 bits per heavy atom. The third-order valence-electron chi connectivity index (χ3n) is 2.75. The van der Waals surface area contributed by atoms with E-state index in [2.05, 4.69) is 5.32 Å². The van der Waals surface area contributed by atoms with Crippen molar-refractivity contribution in [3.05, 3.63) is 64.7 Å². The molecule has 0 fully saturated rings. The van der Waals surface area contributed by atoms with E-state index in [1.165, 1.54) is 11.8 Å². The fraction of sp³-hybridized carbons (Fsp3) is 0.125. The molecule has 1 N–H and O–H groups in total. The molecule has 1 amide bonds. The zero-order chi connectivity index (χ0) is 15.1. The molecule has 5 heteroatoms. The smallest absolute Gasteiger partial charge is 0.234 e. The third-order valence-corrected chi connectivity index (χ3v) is 4.10. The second kappa shape index (κ2) is 7.72. The molecule has 0 aromatic heterocycles. The largest absolute Gasteiger partial charge is 0.325 e. The van der Waals surface area contributed by atoms with Crippen molar-refractivity contribution >= 4 is 35.0 Å². The van der Waals surface area contributed by atoms with Crippen LogP contribution in [0.4, 0.5) is 5.69 Å². The van der Waals surface area contributed by atoms with E-state index in [9.17, 15) is 4.79 Å². The van der Waals surface area contributed by atoms with Crippen molar-refractivity contribution in [1.29, 1.82) is 5.26 Å². The maximum absolute atomic E-state index is 11.8. The number of nitrogens with one attached hydrogen (secondary N) is 1. The first-order valence-electron chi connectivity index (χ1n) is 6.30. The van der Waals surface area contributed by atoms with Crippen LogP contribution >= 0.6 is 23.4 Å². The predicted molar refractivity (Wildman–Crippen MR) is 87.4 cm³/mol. The van der Waals surface area contributed by atoms with Gasteiger partial charge in [-0.3, -0.25) is 4.79 Å². The molecule has 0 radical (unpaired) electrons. The van der Waals surface area contributed by atoms with Gasteiger partial charge in [0.05, 0.1) is 17.4 Å². The van der Waals surface area contributed by atoms with Crippen LogP contribution in [0.25, 0.3) is 0 Å². The quantitative estimate of drug-likeness (QED) is 0.904. The van der Waals surface area contributed by atoms with Gasteiger partial charge in [-0.25, -0.2) is 0 Å². The van der Waals surface area contributed by atoms with Gasteiger partial charge in [0.2, 0.25) is 5.91 Å². The van der Waals surface area contributed by atoms with Gasteiger partial charge in [0.15, 0.2) is 0 Å². The van der Waals surface area contributed by atoms with E-state index in [1.54, 1.807) is 24.3 Å². The van der Waals surface area contributed by atoms with Crippen molar-refractivity contribution < 1.29 is 4.79 Å². The molecule has 0 saturated heterocycles. The Morgan fingerprint density at radius 2 is 1.90 bits per heavy atom. The van der Waals surface area contributed by atoms with E-state index in [1.807, 2.05) is 30.3 Å². The Morgan fingerprint density at radius 3 is 2.57 bits per heavy atom. The molecular formula is C16H13ClN2OS. The van der Waals surface area contributed by atoms with Crippen LogP contribution in [0.1, 0.15) is 11.1 Å². The second-order valence-corrected chi connectivity index (χ2v) is 5.71. The molecule has 21 heavy (non-hydrogen) atoms. The first kappa shape index (κ1) is 15.4. The zero-order valence-electron chi connectivity index (χ0n) is 11.2. The van der Waals surface area contributed by atoms with Crippen molar-refractivity contribution in [2.45, 2.75) is 5.75 Å². The maximum Gasteiger partial charge on any atom is 0.234 e. The monoisotopic (exact) mass is 316 g/mol. The minimum Gasteiger partial charge on any atom is -0.325 e. The molecular weight excluding hydrogens is 304 g/mol. The number of benzene rings is 2. The number of carbonyl (C=O) groups excluding carboxylic acids is 1. The lowest BCUT2D eigenvalue weighted by Crippen LogP contribution is -2.14. The zero-order valence-corrected chi connectivity index (χ0v) is 12.7. The fourth-order valence-corrected chi connectivity index (χ4v) is 2.81. The number of nitriles is 1. The van der Waals surface area contributed by atoms with Crippen LogP contribution in [0.5, 0.6) is 0 Å². The Kier molecular flexibility index (Phi) is 5.68. The van der Waals surface area contributed by atoms with E-state index >= 15 is 0 Å². The summed E-state index contributed by atoms with van der Waals surface area (Å²) in [6.07, 6.45) is 0. The third kappa shape index (κ3) is 4.82. The topological polar surface area (TPSA) is 52.9 Å². The average molecular weight is 317 g/mol. The molecule has 0 heterocycles. The van der Waals surface area contributed by atoms with E-state index in [0.29, 0.717) is 22.8 Å². The molecule has 0 spiro atoms. The van der Waals surface area contributed by atoms with E-state index in [0.717, 1.165) is 10.6 Å². The normalized spacial score (nSPS) is 9.90. The highest BCUT2D eigenvalue weighted by molar-refractivity contribution is 7.99. The van der Waals surface area contributed by atoms with Gasteiger partial charge >= 0.3 is 0 Å². The number of nitrogens with zero attached hydrogens (tertiary/aromatic N) is 1. The summed E-state index contributed by atoms with van der Waals surface area (Å²) < 4.78 is 0. The Balaban J connectivity index is 1.80.